The predicted octanol–water partition coefficient (Wildman–Crippen LogP) is 1.32. The third-order valence-electron chi connectivity index (χ3n) is 2.28. The summed E-state index contributed by atoms with van der Waals surface area (Å²) < 4.78 is 0. The second-order valence-electron chi connectivity index (χ2n) is 3.20. The van der Waals surface area contributed by atoms with Gasteiger partial charge in [-0.25, -0.2) is 0 Å². The molecule has 3 nitrogen and oxygen atoms in total. The number of nitrogens with two attached hydrogens (primary N) is 1. The quantitative estimate of drug-likeness (QED) is 0.711. The summed E-state index contributed by atoms with van der Waals surface area (Å²) in [7, 11) is 0. The zero-order chi connectivity index (χ0) is 10.7. The Kier molecular flexibility index (Phi) is 3.00. The van der Waals surface area contributed by atoms with Crippen LogP contribution in [0.3, 0.4) is 0 Å². The van der Waals surface area contributed by atoms with Crippen molar-refractivity contribution in [1.82, 2.24) is 0 Å². The lowest BCUT2D eigenvalue weighted by atomic mass is 9.97. The van der Waals surface area contributed by atoms with Crippen molar-refractivity contribution < 1.29 is 4.79 Å². The fraction of sp³-hybridized carbons (Fsp3) is 0.273. The number of hydrogen-bond donors (Lipinski definition) is 1. The fourth-order valence-electron chi connectivity index (χ4n) is 1.32. The van der Waals surface area contributed by atoms with E-state index in [1.165, 1.54) is 0 Å². The largest absolute Gasteiger partial charge is 0.324 e. The van der Waals surface area contributed by atoms with Gasteiger partial charge in [-0.05, 0) is 37.1 Å². The molecular weight excluding hydrogens is 176 g/mol. The Morgan fingerprint density at radius 1 is 1.50 bits per heavy atom. The molecule has 0 heterocycles. The van der Waals surface area contributed by atoms with Crippen LogP contribution in [0.1, 0.15) is 27.0 Å². The Labute approximate surface area is 83.2 Å². The summed E-state index contributed by atoms with van der Waals surface area (Å²) in [4.78, 5) is 11.4. The number of rotatable bonds is 2. The maximum absolute atomic E-state index is 11.4. The minimum Gasteiger partial charge on any atom is -0.324 e. The normalized spacial score (nSPS) is 9.57. The lowest BCUT2D eigenvalue weighted by molar-refractivity contribution is 0.100. The first kappa shape index (κ1) is 10.4. The molecule has 2 N–H and O–H groups in total. The number of aryl methyl sites for hydroxylation is 1. The molecule has 1 rings (SSSR count). The van der Waals surface area contributed by atoms with Gasteiger partial charge in [-0.15, -0.1) is 0 Å². The summed E-state index contributed by atoms with van der Waals surface area (Å²) in [5.41, 5.74) is 8.19. The number of carbonyl (C=O) groups is 1. The Bertz CT molecular complexity index is 416. The average Bonchev–Trinajstić information content (AvgIpc) is 2.20. The van der Waals surface area contributed by atoms with Crippen molar-refractivity contribution >= 4 is 5.78 Å². The molecule has 0 saturated heterocycles. The van der Waals surface area contributed by atoms with Crippen molar-refractivity contribution in [3.8, 4) is 6.07 Å². The van der Waals surface area contributed by atoms with Crippen LogP contribution in [0.2, 0.25) is 0 Å². The Hall–Kier alpha value is -1.66. The van der Waals surface area contributed by atoms with Crippen molar-refractivity contribution in [2.45, 2.75) is 13.8 Å². The van der Waals surface area contributed by atoms with E-state index in [0.29, 0.717) is 11.1 Å². The lowest BCUT2D eigenvalue weighted by Gasteiger charge is -2.07. The van der Waals surface area contributed by atoms with Gasteiger partial charge in [-0.2, -0.15) is 5.26 Å². The van der Waals surface area contributed by atoms with Gasteiger partial charge in [0.15, 0.2) is 5.78 Å². The van der Waals surface area contributed by atoms with Crippen molar-refractivity contribution in [3.63, 3.8) is 0 Å². The molecule has 0 unspecified atom stereocenters. The van der Waals surface area contributed by atoms with Crippen molar-refractivity contribution in [2.24, 2.45) is 5.73 Å². The van der Waals surface area contributed by atoms with Crippen LogP contribution in [0.15, 0.2) is 12.1 Å². The Morgan fingerprint density at radius 3 is 2.64 bits per heavy atom. The summed E-state index contributed by atoms with van der Waals surface area (Å²) in [6.45, 7) is 3.72. The standard InChI is InChI=1S/C11H12N2O/c1-7-3-9(5-12)4-10(8(7)2)11(14)6-13/h3-4H,6,13H2,1-2H3. The van der Waals surface area contributed by atoms with E-state index in [-0.39, 0.29) is 12.3 Å². The summed E-state index contributed by atoms with van der Waals surface area (Å²) in [6, 6.07) is 5.38. The van der Waals surface area contributed by atoms with E-state index in [2.05, 4.69) is 0 Å². The Balaban J connectivity index is 3.36. The lowest BCUT2D eigenvalue weighted by Crippen LogP contribution is -2.15. The molecule has 0 aliphatic carbocycles. The molecule has 0 fully saturated rings. The molecule has 0 radical (unpaired) electrons. The summed E-state index contributed by atoms with van der Waals surface area (Å²) in [5, 5.41) is 8.74. The van der Waals surface area contributed by atoms with Crippen LogP contribution < -0.4 is 5.73 Å². The van der Waals surface area contributed by atoms with E-state index in [0.717, 1.165) is 11.1 Å². The third kappa shape index (κ3) is 1.81. The van der Waals surface area contributed by atoms with Crippen molar-refractivity contribution in [3.05, 3.63) is 34.4 Å². The minimum atomic E-state index is -0.122. The monoisotopic (exact) mass is 188 g/mol. The maximum atomic E-state index is 11.4. The van der Waals surface area contributed by atoms with Crippen LogP contribution >= 0.6 is 0 Å². The highest BCUT2D eigenvalue weighted by atomic mass is 16.1. The van der Waals surface area contributed by atoms with Crippen LogP contribution in [-0.2, 0) is 0 Å². The molecule has 1 aromatic rings. The Morgan fingerprint density at radius 2 is 2.14 bits per heavy atom. The van der Waals surface area contributed by atoms with Crippen LogP contribution in [0, 0.1) is 25.2 Å². The first-order valence-corrected chi connectivity index (χ1v) is 4.34. The van der Waals surface area contributed by atoms with E-state index in [1.54, 1.807) is 12.1 Å². The zero-order valence-corrected chi connectivity index (χ0v) is 8.29. The molecule has 0 aromatic heterocycles. The van der Waals surface area contributed by atoms with Crippen LogP contribution in [0.5, 0.6) is 0 Å². The number of ketones is 1. The molecular formula is C11H12N2O. The van der Waals surface area contributed by atoms with Gasteiger partial charge in [-0.3, -0.25) is 4.79 Å². The summed E-state index contributed by atoms with van der Waals surface area (Å²) in [5.74, 6) is -0.122. The van der Waals surface area contributed by atoms with Gasteiger partial charge in [0, 0.05) is 5.56 Å². The molecule has 0 bridgehead atoms. The van der Waals surface area contributed by atoms with Crippen LogP contribution in [0.4, 0.5) is 0 Å². The number of Topliss-reactive ketones (excluding diaryl/α,β-unsaturated/α-hetero) is 1. The molecule has 14 heavy (non-hydrogen) atoms. The summed E-state index contributed by atoms with van der Waals surface area (Å²) >= 11 is 0. The number of hydrogen-bond acceptors (Lipinski definition) is 3. The van der Waals surface area contributed by atoms with Gasteiger partial charge in [0.2, 0.25) is 0 Å². The van der Waals surface area contributed by atoms with Gasteiger partial charge in [-0.1, -0.05) is 0 Å². The highest BCUT2D eigenvalue weighted by molar-refractivity contribution is 5.99. The topological polar surface area (TPSA) is 66.9 Å². The van der Waals surface area contributed by atoms with Crippen LogP contribution in [0.25, 0.3) is 0 Å². The second-order valence-corrected chi connectivity index (χ2v) is 3.20. The molecule has 0 aliphatic heterocycles. The van der Waals surface area contributed by atoms with E-state index >= 15 is 0 Å². The number of carbonyl (C=O) groups excluding carboxylic acids is 1. The van der Waals surface area contributed by atoms with Gasteiger partial charge < -0.3 is 5.73 Å². The van der Waals surface area contributed by atoms with E-state index < -0.39 is 0 Å². The number of nitrogens with zero attached hydrogens (tertiary/aromatic N) is 1. The molecule has 0 amide bonds. The van der Waals surface area contributed by atoms with Crippen molar-refractivity contribution in [2.75, 3.05) is 6.54 Å². The molecule has 0 aliphatic rings. The fourth-order valence-corrected chi connectivity index (χ4v) is 1.32. The SMILES string of the molecule is Cc1cc(C#N)cc(C(=O)CN)c1C. The van der Waals surface area contributed by atoms with Gasteiger partial charge in [0.05, 0.1) is 18.2 Å². The third-order valence-corrected chi connectivity index (χ3v) is 2.28. The number of nitriles is 1. The predicted molar refractivity (Wildman–Crippen MR) is 54.0 cm³/mol. The van der Waals surface area contributed by atoms with E-state index in [4.69, 9.17) is 11.0 Å². The first-order valence-electron chi connectivity index (χ1n) is 4.34. The molecule has 1 aromatic carbocycles. The van der Waals surface area contributed by atoms with E-state index in [1.807, 2.05) is 19.9 Å². The van der Waals surface area contributed by atoms with Crippen LogP contribution in [-0.4, -0.2) is 12.3 Å². The number of benzene rings is 1. The highest BCUT2D eigenvalue weighted by Crippen LogP contribution is 2.16. The van der Waals surface area contributed by atoms with Gasteiger partial charge in [0.25, 0.3) is 0 Å². The molecule has 3 heteroatoms. The van der Waals surface area contributed by atoms with Crippen molar-refractivity contribution in [1.29, 1.82) is 5.26 Å². The zero-order valence-electron chi connectivity index (χ0n) is 8.29. The molecule has 0 spiro atoms. The molecule has 0 atom stereocenters. The second kappa shape index (κ2) is 4.03. The highest BCUT2D eigenvalue weighted by Gasteiger charge is 2.10. The van der Waals surface area contributed by atoms with E-state index in [9.17, 15) is 4.79 Å². The minimum absolute atomic E-state index is 0.0187. The average molecular weight is 188 g/mol. The van der Waals surface area contributed by atoms with Gasteiger partial charge in [0.1, 0.15) is 0 Å². The maximum Gasteiger partial charge on any atom is 0.176 e. The molecule has 0 saturated carbocycles. The smallest absolute Gasteiger partial charge is 0.176 e. The van der Waals surface area contributed by atoms with Gasteiger partial charge >= 0.3 is 0 Å². The first-order chi connectivity index (χ1) is 6.60. The summed E-state index contributed by atoms with van der Waals surface area (Å²) in [6.07, 6.45) is 0. The molecule has 72 valence electrons.